The maximum absolute atomic E-state index is 13.0. The second-order valence-electron chi connectivity index (χ2n) is 6.03. The molecule has 2 heterocycles. The summed E-state index contributed by atoms with van der Waals surface area (Å²) in [6.07, 6.45) is 0.424. The molecule has 0 bridgehead atoms. The van der Waals surface area contributed by atoms with E-state index in [0.29, 0.717) is 30.3 Å². The third kappa shape index (κ3) is 4.95. The molecule has 1 atom stereocenters. The minimum absolute atomic E-state index is 0.143. The predicted octanol–water partition coefficient (Wildman–Crippen LogP) is 2.00. The lowest BCUT2D eigenvalue weighted by atomic mass is 10.2. The number of carbonyl (C=O) groups excluding carboxylic acids is 2. The summed E-state index contributed by atoms with van der Waals surface area (Å²) >= 11 is 0. The molecule has 1 aromatic heterocycles. The van der Waals surface area contributed by atoms with Crippen molar-refractivity contribution in [2.24, 2.45) is 0 Å². The number of anilines is 1. The van der Waals surface area contributed by atoms with Crippen molar-refractivity contribution in [2.75, 3.05) is 38.3 Å². The SMILES string of the molecule is COCCOc1cc(C(=O)NCC2CN(c3ccc(F)cc3)C(=O)O2)ccn1. The Kier molecular flexibility index (Phi) is 6.38. The number of aromatic nitrogens is 1. The summed E-state index contributed by atoms with van der Waals surface area (Å²) in [5, 5.41) is 2.73. The van der Waals surface area contributed by atoms with Crippen LogP contribution in [0.2, 0.25) is 0 Å². The molecule has 1 aliphatic heterocycles. The molecule has 9 heteroatoms. The first-order chi connectivity index (χ1) is 13.6. The molecule has 2 aromatic rings. The highest BCUT2D eigenvalue weighted by atomic mass is 19.1. The number of methoxy groups -OCH3 is 1. The first-order valence-corrected chi connectivity index (χ1v) is 8.66. The summed E-state index contributed by atoms with van der Waals surface area (Å²) in [7, 11) is 1.56. The lowest BCUT2D eigenvalue weighted by Gasteiger charge is -2.13. The smallest absolute Gasteiger partial charge is 0.414 e. The number of rotatable bonds is 8. The van der Waals surface area contributed by atoms with Crippen LogP contribution in [-0.2, 0) is 9.47 Å². The van der Waals surface area contributed by atoms with E-state index in [1.165, 1.54) is 41.4 Å². The summed E-state index contributed by atoms with van der Waals surface area (Å²) in [5.41, 5.74) is 0.911. The molecular weight excluding hydrogens is 369 g/mol. The highest BCUT2D eigenvalue weighted by Gasteiger charge is 2.32. The molecule has 2 amide bonds. The molecule has 0 spiro atoms. The van der Waals surface area contributed by atoms with Crippen LogP contribution < -0.4 is 15.0 Å². The number of cyclic esters (lactones) is 1. The van der Waals surface area contributed by atoms with Crippen molar-refractivity contribution in [3.63, 3.8) is 0 Å². The van der Waals surface area contributed by atoms with Crippen LogP contribution in [0.4, 0.5) is 14.9 Å². The van der Waals surface area contributed by atoms with Gasteiger partial charge in [-0.15, -0.1) is 0 Å². The summed E-state index contributed by atoms with van der Waals surface area (Å²) in [6.45, 7) is 1.14. The van der Waals surface area contributed by atoms with E-state index in [1.54, 1.807) is 13.2 Å². The number of hydrogen-bond donors (Lipinski definition) is 1. The molecule has 0 saturated carbocycles. The number of ether oxygens (including phenoxy) is 3. The number of nitrogens with zero attached hydrogens (tertiary/aromatic N) is 2. The van der Waals surface area contributed by atoms with Gasteiger partial charge in [-0.05, 0) is 30.3 Å². The summed E-state index contributed by atoms with van der Waals surface area (Å²) < 4.78 is 28.6. The normalized spacial score (nSPS) is 16.0. The number of carbonyl (C=O) groups is 2. The van der Waals surface area contributed by atoms with E-state index >= 15 is 0 Å². The molecule has 148 valence electrons. The summed E-state index contributed by atoms with van der Waals surface area (Å²) in [5.74, 6) is -0.405. The van der Waals surface area contributed by atoms with Gasteiger partial charge in [0.15, 0.2) is 0 Å². The molecule has 8 nitrogen and oxygen atoms in total. The van der Waals surface area contributed by atoms with E-state index in [1.807, 2.05) is 0 Å². The minimum atomic E-state index is -0.538. The van der Waals surface area contributed by atoms with Crippen molar-refractivity contribution in [3.05, 3.63) is 54.0 Å². The number of benzene rings is 1. The second-order valence-corrected chi connectivity index (χ2v) is 6.03. The molecule has 1 N–H and O–H groups in total. The molecule has 3 rings (SSSR count). The topological polar surface area (TPSA) is 90.0 Å². The Labute approximate surface area is 161 Å². The molecule has 1 saturated heterocycles. The third-order valence-electron chi connectivity index (χ3n) is 4.04. The Morgan fingerprint density at radius 3 is 2.86 bits per heavy atom. The van der Waals surface area contributed by atoms with E-state index in [9.17, 15) is 14.0 Å². The molecule has 1 aromatic carbocycles. The maximum Gasteiger partial charge on any atom is 0.414 e. The zero-order valence-corrected chi connectivity index (χ0v) is 15.3. The van der Waals surface area contributed by atoms with Crippen LogP contribution >= 0.6 is 0 Å². The zero-order valence-electron chi connectivity index (χ0n) is 15.3. The lowest BCUT2D eigenvalue weighted by Crippen LogP contribution is -2.34. The van der Waals surface area contributed by atoms with Gasteiger partial charge >= 0.3 is 6.09 Å². The molecule has 0 radical (unpaired) electrons. The zero-order chi connectivity index (χ0) is 19.9. The Hall–Kier alpha value is -3.20. The molecule has 1 fully saturated rings. The van der Waals surface area contributed by atoms with Crippen LogP contribution in [0, 0.1) is 5.82 Å². The van der Waals surface area contributed by atoms with Gasteiger partial charge in [0.2, 0.25) is 5.88 Å². The number of hydrogen-bond acceptors (Lipinski definition) is 6. The van der Waals surface area contributed by atoms with Crippen LogP contribution in [-0.4, -0.2) is 56.5 Å². The van der Waals surface area contributed by atoms with Gasteiger partial charge in [0.25, 0.3) is 5.91 Å². The van der Waals surface area contributed by atoms with Crippen LogP contribution in [0.1, 0.15) is 10.4 Å². The van der Waals surface area contributed by atoms with Crippen LogP contribution in [0.25, 0.3) is 0 Å². The number of amides is 2. The number of pyridine rings is 1. The van der Waals surface area contributed by atoms with Crippen molar-refractivity contribution in [3.8, 4) is 5.88 Å². The Balaban J connectivity index is 1.53. The maximum atomic E-state index is 13.0. The highest BCUT2D eigenvalue weighted by Crippen LogP contribution is 2.21. The van der Waals surface area contributed by atoms with E-state index in [4.69, 9.17) is 14.2 Å². The van der Waals surface area contributed by atoms with Gasteiger partial charge in [0, 0.05) is 30.6 Å². The molecule has 1 unspecified atom stereocenters. The van der Waals surface area contributed by atoms with Gasteiger partial charge in [0.1, 0.15) is 18.5 Å². The fourth-order valence-electron chi connectivity index (χ4n) is 2.63. The van der Waals surface area contributed by atoms with Gasteiger partial charge in [-0.25, -0.2) is 14.2 Å². The molecular formula is C19H20FN3O5. The average molecular weight is 389 g/mol. The average Bonchev–Trinajstić information content (AvgIpc) is 3.08. The van der Waals surface area contributed by atoms with Crippen LogP contribution in [0.5, 0.6) is 5.88 Å². The minimum Gasteiger partial charge on any atom is -0.475 e. The van der Waals surface area contributed by atoms with Gasteiger partial charge in [-0.3, -0.25) is 9.69 Å². The first kappa shape index (κ1) is 19.6. The van der Waals surface area contributed by atoms with Gasteiger partial charge in [-0.2, -0.15) is 0 Å². The predicted molar refractivity (Wildman–Crippen MR) is 98.0 cm³/mol. The van der Waals surface area contributed by atoms with Crippen molar-refractivity contribution >= 4 is 17.7 Å². The Bertz CT molecular complexity index is 831. The van der Waals surface area contributed by atoms with E-state index < -0.39 is 12.2 Å². The van der Waals surface area contributed by atoms with Crippen molar-refractivity contribution in [2.45, 2.75) is 6.10 Å². The molecule has 1 aliphatic rings. The highest BCUT2D eigenvalue weighted by molar-refractivity contribution is 5.94. The van der Waals surface area contributed by atoms with Crippen molar-refractivity contribution in [1.82, 2.24) is 10.3 Å². The standard InChI is InChI=1S/C19H20FN3O5/c1-26-8-9-27-17-10-13(6-7-21-17)18(24)22-11-16-12-23(19(25)28-16)15-4-2-14(20)3-5-15/h2-7,10,16H,8-9,11-12H2,1H3,(H,22,24). The fourth-order valence-corrected chi connectivity index (χ4v) is 2.63. The van der Waals surface area contributed by atoms with Gasteiger partial charge < -0.3 is 19.5 Å². The molecule has 0 aliphatic carbocycles. The monoisotopic (exact) mass is 389 g/mol. The number of halogens is 1. The first-order valence-electron chi connectivity index (χ1n) is 8.66. The van der Waals surface area contributed by atoms with Gasteiger partial charge in [-0.1, -0.05) is 0 Å². The van der Waals surface area contributed by atoms with Crippen LogP contribution in [0.3, 0.4) is 0 Å². The fraction of sp³-hybridized carbons (Fsp3) is 0.316. The van der Waals surface area contributed by atoms with Crippen molar-refractivity contribution in [1.29, 1.82) is 0 Å². The Morgan fingerprint density at radius 2 is 2.11 bits per heavy atom. The Morgan fingerprint density at radius 1 is 1.32 bits per heavy atom. The van der Waals surface area contributed by atoms with E-state index in [0.717, 1.165) is 0 Å². The summed E-state index contributed by atoms with van der Waals surface area (Å²) in [4.78, 5) is 29.8. The van der Waals surface area contributed by atoms with Gasteiger partial charge in [0.05, 0.1) is 19.7 Å². The van der Waals surface area contributed by atoms with Crippen LogP contribution in [0.15, 0.2) is 42.6 Å². The lowest BCUT2D eigenvalue weighted by molar-refractivity contribution is 0.0915. The number of nitrogens with one attached hydrogen (secondary N) is 1. The van der Waals surface area contributed by atoms with E-state index in [2.05, 4.69) is 10.3 Å². The third-order valence-corrected chi connectivity index (χ3v) is 4.04. The second kappa shape index (κ2) is 9.14. The quantitative estimate of drug-likeness (QED) is 0.695. The summed E-state index contributed by atoms with van der Waals surface area (Å²) in [6, 6.07) is 8.63. The van der Waals surface area contributed by atoms with E-state index in [-0.39, 0.29) is 24.8 Å². The molecule has 28 heavy (non-hydrogen) atoms. The van der Waals surface area contributed by atoms with Crippen molar-refractivity contribution < 1.29 is 28.2 Å². The largest absolute Gasteiger partial charge is 0.475 e.